The number of carbonyl (C=O) groups excluding carboxylic acids is 1. The summed E-state index contributed by atoms with van der Waals surface area (Å²) in [5.74, 6) is 0.851. The second-order valence-electron chi connectivity index (χ2n) is 5.86. The van der Waals surface area contributed by atoms with Gasteiger partial charge in [-0.2, -0.15) is 0 Å². The Balaban J connectivity index is 1.95. The number of hydrogen-bond donors (Lipinski definition) is 1. The molecule has 0 aliphatic carbocycles. The lowest BCUT2D eigenvalue weighted by molar-refractivity contribution is -0.120. The van der Waals surface area contributed by atoms with Crippen LogP contribution in [0.25, 0.3) is 0 Å². The minimum Gasteiger partial charge on any atom is -0.488 e. The van der Waals surface area contributed by atoms with Gasteiger partial charge in [-0.15, -0.1) is 11.3 Å². The molecule has 2 aromatic rings. The van der Waals surface area contributed by atoms with E-state index in [0.717, 1.165) is 16.2 Å². The van der Waals surface area contributed by atoms with E-state index in [9.17, 15) is 4.79 Å². The van der Waals surface area contributed by atoms with Crippen molar-refractivity contribution in [3.8, 4) is 5.75 Å². The summed E-state index contributed by atoms with van der Waals surface area (Å²) in [6, 6.07) is 11.7. The average molecular weight is 303 g/mol. The van der Waals surface area contributed by atoms with Gasteiger partial charge < -0.3 is 10.1 Å². The molecule has 3 nitrogen and oxygen atoms in total. The van der Waals surface area contributed by atoms with Crippen molar-refractivity contribution < 1.29 is 9.53 Å². The predicted octanol–water partition coefficient (Wildman–Crippen LogP) is 3.78. The van der Waals surface area contributed by atoms with E-state index in [0.29, 0.717) is 13.0 Å². The smallest absolute Gasteiger partial charge is 0.225 e. The number of nitrogens with one attached hydrogen (secondary N) is 1. The third-order valence-electron chi connectivity index (χ3n) is 2.78. The molecule has 21 heavy (non-hydrogen) atoms. The van der Waals surface area contributed by atoms with Crippen LogP contribution in [0.1, 0.15) is 31.2 Å². The first-order chi connectivity index (χ1) is 9.94. The van der Waals surface area contributed by atoms with Gasteiger partial charge in [-0.05, 0) is 38.3 Å². The van der Waals surface area contributed by atoms with Crippen molar-refractivity contribution in [1.82, 2.24) is 5.32 Å². The largest absolute Gasteiger partial charge is 0.488 e. The second-order valence-corrected chi connectivity index (χ2v) is 6.89. The fourth-order valence-corrected chi connectivity index (χ4v) is 2.61. The van der Waals surface area contributed by atoms with Crippen LogP contribution in [0.3, 0.4) is 0 Å². The van der Waals surface area contributed by atoms with Gasteiger partial charge in [0.2, 0.25) is 5.91 Å². The zero-order chi connectivity index (χ0) is 15.3. The number of benzene rings is 1. The standard InChI is InChI=1S/C17H21NO2S/c1-17(2,3)20-15-9-5-4-7-13(15)12-18-16(19)11-14-8-6-10-21-14/h4-10H,11-12H2,1-3H3,(H,18,19). The van der Waals surface area contributed by atoms with E-state index >= 15 is 0 Å². The maximum Gasteiger partial charge on any atom is 0.225 e. The first kappa shape index (κ1) is 15.6. The monoisotopic (exact) mass is 303 g/mol. The molecular formula is C17H21NO2S. The van der Waals surface area contributed by atoms with Gasteiger partial charge in [0, 0.05) is 17.0 Å². The molecular weight excluding hydrogens is 282 g/mol. The summed E-state index contributed by atoms with van der Waals surface area (Å²) in [5, 5.41) is 4.93. The summed E-state index contributed by atoms with van der Waals surface area (Å²) in [5.41, 5.74) is 0.740. The SMILES string of the molecule is CC(C)(C)Oc1ccccc1CNC(=O)Cc1cccs1. The van der Waals surface area contributed by atoms with Crippen LogP contribution in [0.15, 0.2) is 41.8 Å². The summed E-state index contributed by atoms with van der Waals surface area (Å²) in [4.78, 5) is 13.0. The third kappa shape index (κ3) is 5.23. The van der Waals surface area contributed by atoms with E-state index in [4.69, 9.17) is 4.74 Å². The quantitative estimate of drug-likeness (QED) is 0.912. The molecule has 1 amide bonds. The minimum absolute atomic E-state index is 0.0306. The molecule has 112 valence electrons. The summed E-state index contributed by atoms with van der Waals surface area (Å²) in [7, 11) is 0. The van der Waals surface area contributed by atoms with E-state index < -0.39 is 0 Å². The van der Waals surface area contributed by atoms with Crippen molar-refractivity contribution in [1.29, 1.82) is 0 Å². The Labute approximate surface area is 130 Å². The van der Waals surface area contributed by atoms with Gasteiger partial charge in [0.1, 0.15) is 11.4 Å². The van der Waals surface area contributed by atoms with E-state index in [1.54, 1.807) is 11.3 Å². The molecule has 0 bridgehead atoms. The molecule has 2 rings (SSSR count). The highest BCUT2D eigenvalue weighted by atomic mass is 32.1. The molecule has 0 aliphatic rings. The van der Waals surface area contributed by atoms with Crippen molar-refractivity contribution in [3.63, 3.8) is 0 Å². The van der Waals surface area contributed by atoms with Crippen LogP contribution in [0.5, 0.6) is 5.75 Å². The summed E-state index contributed by atoms with van der Waals surface area (Å²) in [6.07, 6.45) is 0.431. The van der Waals surface area contributed by atoms with Crippen LogP contribution in [0, 0.1) is 0 Å². The molecule has 0 atom stereocenters. The Morgan fingerprint density at radius 1 is 1.19 bits per heavy atom. The Kier molecular flexibility index (Phi) is 5.02. The fraction of sp³-hybridized carbons (Fsp3) is 0.353. The Morgan fingerprint density at radius 3 is 2.62 bits per heavy atom. The van der Waals surface area contributed by atoms with Crippen molar-refractivity contribution in [2.75, 3.05) is 0 Å². The van der Waals surface area contributed by atoms with Gasteiger partial charge in [0.05, 0.1) is 6.42 Å². The molecule has 0 aliphatic heterocycles. The normalized spacial score (nSPS) is 11.2. The van der Waals surface area contributed by atoms with Gasteiger partial charge >= 0.3 is 0 Å². The number of rotatable bonds is 5. The summed E-state index contributed by atoms with van der Waals surface area (Å²) < 4.78 is 5.92. The van der Waals surface area contributed by atoms with E-state index in [-0.39, 0.29) is 11.5 Å². The highest BCUT2D eigenvalue weighted by Crippen LogP contribution is 2.22. The Bertz CT molecular complexity index is 585. The van der Waals surface area contributed by atoms with Crippen LogP contribution in [0.2, 0.25) is 0 Å². The Hall–Kier alpha value is -1.81. The van der Waals surface area contributed by atoms with E-state index in [2.05, 4.69) is 5.32 Å². The predicted molar refractivity (Wildman–Crippen MR) is 86.7 cm³/mol. The lowest BCUT2D eigenvalue weighted by Gasteiger charge is -2.23. The van der Waals surface area contributed by atoms with Crippen molar-refractivity contribution in [3.05, 3.63) is 52.2 Å². The zero-order valence-corrected chi connectivity index (χ0v) is 13.5. The molecule has 0 radical (unpaired) electrons. The van der Waals surface area contributed by atoms with Gasteiger partial charge in [0.15, 0.2) is 0 Å². The average Bonchev–Trinajstić information content (AvgIpc) is 2.89. The van der Waals surface area contributed by atoms with Crippen molar-refractivity contribution in [2.45, 2.75) is 39.3 Å². The minimum atomic E-state index is -0.253. The molecule has 0 unspecified atom stereocenters. The van der Waals surface area contributed by atoms with Gasteiger partial charge in [-0.1, -0.05) is 24.3 Å². The van der Waals surface area contributed by atoms with E-state index in [1.807, 2.05) is 62.5 Å². The van der Waals surface area contributed by atoms with Gasteiger partial charge in [-0.25, -0.2) is 0 Å². The molecule has 1 heterocycles. The van der Waals surface area contributed by atoms with Crippen LogP contribution < -0.4 is 10.1 Å². The highest BCUT2D eigenvalue weighted by molar-refractivity contribution is 7.10. The Morgan fingerprint density at radius 2 is 1.95 bits per heavy atom. The molecule has 0 fully saturated rings. The summed E-state index contributed by atoms with van der Waals surface area (Å²) >= 11 is 1.60. The first-order valence-corrected chi connectivity index (χ1v) is 7.88. The van der Waals surface area contributed by atoms with Crippen molar-refractivity contribution in [2.24, 2.45) is 0 Å². The molecule has 1 aromatic heterocycles. The molecule has 0 saturated carbocycles. The van der Waals surface area contributed by atoms with Crippen LogP contribution in [-0.2, 0) is 17.8 Å². The first-order valence-electron chi connectivity index (χ1n) is 7.00. The van der Waals surface area contributed by atoms with E-state index in [1.165, 1.54) is 0 Å². The number of hydrogen-bond acceptors (Lipinski definition) is 3. The number of thiophene rings is 1. The molecule has 1 aromatic carbocycles. The van der Waals surface area contributed by atoms with Crippen LogP contribution in [-0.4, -0.2) is 11.5 Å². The van der Waals surface area contributed by atoms with Gasteiger partial charge in [0.25, 0.3) is 0 Å². The second kappa shape index (κ2) is 6.76. The highest BCUT2D eigenvalue weighted by Gasteiger charge is 2.14. The fourth-order valence-electron chi connectivity index (χ4n) is 1.91. The van der Waals surface area contributed by atoms with Crippen molar-refractivity contribution >= 4 is 17.2 Å². The molecule has 4 heteroatoms. The van der Waals surface area contributed by atoms with Crippen LogP contribution >= 0.6 is 11.3 Å². The number of carbonyl (C=O) groups is 1. The molecule has 0 saturated heterocycles. The maximum atomic E-state index is 11.9. The molecule has 0 spiro atoms. The number of ether oxygens (including phenoxy) is 1. The van der Waals surface area contributed by atoms with Crippen LogP contribution in [0.4, 0.5) is 0 Å². The third-order valence-corrected chi connectivity index (χ3v) is 3.66. The lowest BCUT2D eigenvalue weighted by atomic mass is 10.1. The zero-order valence-electron chi connectivity index (χ0n) is 12.7. The number of para-hydroxylation sites is 1. The number of amides is 1. The lowest BCUT2D eigenvalue weighted by Crippen LogP contribution is -2.26. The van der Waals surface area contributed by atoms with Gasteiger partial charge in [-0.3, -0.25) is 4.79 Å². The topological polar surface area (TPSA) is 38.3 Å². The maximum absolute atomic E-state index is 11.9. The molecule has 1 N–H and O–H groups in total. The summed E-state index contributed by atoms with van der Waals surface area (Å²) in [6.45, 7) is 6.52.